The number of anilines is 1. The van der Waals surface area contributed by atoms with Crippen LogP contribution >= 0.6 is 0 Å². The maximum absolute atomic E-state index is 11.9. The average Bonchev–Trinajstić information content (AvgIpc) is 3.33. The minimum atomic E-state index is -0.311. The van der Waals surface area contributed by atoms with Crippen LogP contribution in [-0.4, -0.2) is 30.6 Å². The molecule has 2 atom stereocenters. The molecule has 1 fully saturated rings. The van der Waals surface area contributed by atoms with Crippen LogP contribution in [0.1, 0.15) is 52.5 Å². The highest BCUT2D eigenvalue weighted by molar-refractivity contribution is 5.78. The van der Waals surface area contributed by atoms with Gasteiger partial charge in [0, 0.05) is 19.2 Å². The van der Waals surface area contributed by atoms with Crippen LogP contribution in [0.3, 0.4) is 0 Å². The van der Waals surface area contributed by atoms with Crippen LogP contribution in [0.2, 0.25) is 0 Å². The molecule has 1 aromatic rings. The van der Waals surface area contributed by atoms with E-state index in [1.165, 1.54) is 0 Å². The van der Waals surface area contributed by atoms with Crippen LogP contribution in [0.4, 0.5) is 11.4 Å². The third-order valence-corrected chi connectivity index (χ3v) is 4.52. The van der Waals surface area contributed by atoms with Crippen LogP contribution < -0.4 is 4.90 Å². The molecule has 0 spiro atoms. The molecule has 0 heterocycles. The molecule has 26 heavy (non-hydrogen) atoms. The summed E-state index contributed by atoms with van der Waals surface area (Å²) in [4.78, 5) is 25.4. The van der Waals surface area contributed by atoms with Crippen molar-refractivity contribution in [2.24, 2.45) is 17.8 Å². The minimum Gasteiger partial charge on any atom is -0.466 e. The van der Waals surface area contributed by atoms with Gasteiger partial charge in [-0.3, -0.25) is 14.9 Å². The van der Waals surface area contributed by atoms with Crippen molar-refractivity contribution in [1.29, 1.82) is 0 Å². The summed E-state index contributed by atoms with van der Waals surface area (Å²) in [6, 6.07) is 5.42. The van der Waals surface area contributed by atoms with Crippen LogP contribution in [-0.2, 0) is 9.53 Å². The second-order valence-electron chi connectivity index (χ2n) is 7.90. The second-order valence-corrected chi connectivity index (χ2v) is 7.90. The number of ether oxygens (including phenoxy) is 1. The molecular weight excluding hydrogens is 332 g/mol. The average molecular weight is 362 g/mol. The predicted octanol–water partition coefficient (Wildman–Crippen LogP) is 4.38. The topological polar surface area (TPSA) is 72.7 Å². The summed E-state index contributed by atoms with van der Waals surface area (Å²) in [6.45, 7) is 12.1. The number of rotatable bonds is 9. The lowest BCUT2D eigenvalue weighted by molar-refractivity contribution is -0.384. The lowest BCUT2D eigenvalue weighted by Gasteiger charge is -2.28. The molecule has 1 aliphatic rings. The normalized spacial score (nSPS) is 18.9. The van der Waals surface area contributed by atoms with Crippen LogP contribution in [0.25, 0.3) is 0 Å². The van der Waals surface area contributed by atoms with Crippen molar-refractivity contribution in [3.8, 4) is 0 Å². The Morgan fingerprint density at radius 2 is 1.88 bits per heavy atom. The Kier molecular flexibility index (Phi) is 6.62. The van der Waals surface area contributed by atoms with Gasteiger partial charge in [-0.1, -0.05) is 33.8 Å². The van der Waals surface area contributed by atoms with Gasteiger partial charge in [-0.15, -0.1) is 0 Å². The lowest BCUT2D eigenvalue weighted by Crippen LogP contribution is -2.31. The molecule has 1 aromatic carbocycles. The lowest BCUT2D eigenvalue weighted by atomic mass is 10.0. The van der Waals surface area contributed by atoms with Crippen molar-refractivity contribution < 1.29 is 14.5 Å². The van der Waals surface area contributed by atoms with E-state index < -0.39 is 0 Å². The van der Waals surface area contributed by atoms with E-state index in [1.54, 1.807) is 13.0 Å². The first-order valence-corrected chi connectivity index (χ1v) is 9.44. The maximum atomic E-state index is 11.9. The van der Waals surface area contributed by atoms with Crippen molar-refractivity contribution in [3.05, 3.63) is 33.9 Å². The van der Waals surface area contributed by atoms with E-state index in [9.17, 15) is 14.9 Å². The summed E-state index contributed by atoms with van der Waals surface area (Å²) in [7, 11) is 0. The number of nitro groups is 1. The molecule has 1 saturated carbocycles. The van der Waals surface area contributed by atoms with Gasteiger partial charge in [-0.05, 0) is 42.7 Å². The highest BCUT2D eigenvalue weighted by atomic mass is 16.6. The number of nitrogens with zero attached hydrogens (tertiary/aromatic N) is 2. The number of benzene rings is 1. The molecule has 0 saturated heterocycles. The number of hydrogen-bond donors (Lipinski definition) is 0. The fourth-order valence-electron chi connectivity index (χ4n) is 3.41. The Bertz CT molecular complexity index is 647. The molecule has 0 N–H and O–H groups in total. The molecule has 0 bridgehead atoms. The van der Waals surface area contributed by atoms with Gasteiger partial charge in [-0.2, -0.15) is 0 Å². The highest BCUT2D eigenvalue weighted by Gasteiger charge is 2.45. The van der Waals surface area contributed by atoms with Gasteiger partial charge in [0.05, 0.1) is 17.4 Å². The van der Waals surface area contributed by atoms with Crippen LogP contribution in [0.15, 0.2) is 18.2 Å². The molecule has 0 radical (unpaired) electrons. The summed E-state index contributed by atoms with van der Waals surface area (Å²) in [5.41, 5.74) is 1.64. The van der Waals surface area contributed by atoms with Crippen molar-refractivity contribution in [2.75, 3.05) is 24.6 Å². The zero-order chi connectivity index (χ0) is 19.4. The van der Waals surface area contributed by atoms with Crippen LogP contribution in [0.5, 0.6) is 0 Å². The molecule has 2 rings (SSSR count). The molecule has 0 aromatic heterocycles. The Labute approximate surface area is 155 Å². The Morgan fingerprint density at radius 3 is 2.38 bits per heavy atom. The van der Waals surface area contributed by atoms with Gasteiger partial charge in [-0.25, -0.2) is 0 Å². The van der Waals surface area contributed by atoms with Gasteiger partial charge < -0.3 is 9.64 Å². The van der Waals surface area contributed by atoms with Gasteiger partial charge in [0.15, 0.2) is 0 Å². The zero-order valence-electron chi connectivity index (χ0n) is 16.4. The van der Waals surface area contributed by atoms with Crippen molar-refractivity contribution in [2.45, 2.75) is 47.0 Å². The largest absolute Gasteiger partial charge is 0.466 e. The van der Waals surface area contributed by atoms with Gasteiger partial charge >= 0.3 is 5.97 Å². The summed E-state index contributed by atoms with van der Waals surface area (Å²) in [6.07, 6.45) is 0.705. The standard InChI is InChI=1S/C20H30N2O4/c1-6-26-20(23)17-10-16(17)15-7-8-18(19(9-15)22(24)25)21(11-13(2)3)12-14(4)5/h7-9,13-14,16-17H,6,10-12H2,1-5H3/t16-,17+/m0/s1. The zero-order valence-corrected chi connectivity index (χ0v) is 16.4. The molecular formula is C20H30N2O4. The monoisotopic (exact) mass is 362 g/mol. The van der Waals surface area contributed by atoms with E-state index in [0.717, 1.165) is 18.7 Å². The first-order chi connectivity index (χ1) is 12.2. The van der Waals surface area contributed by atoms with Crippen LogP contribution in [0, 0.1) is 27.9 Å². The van der Waals surface area contributed by atoms with Crippen molar-refractivity contribution in [1.82, 2.24) is 0 Å². The minimum absolute atomic E-state index is 0.0328. The number of hydrogen-bond acceptors (Lipinski definition) is 5. The van der Waals surface area contributed by atoms with Crippen molar-refractivity contribution >= 4 is 17.3 Å². The number of carbonyl (C=O) groups is 1. The van der Waals surface area contributed by atoms with E-state index in [0.29, 0.717) is 30.6 Å². The molecule has 1 aliphatic carbocycles. The molecule has 6 nitrogen and oxygen atoms in total. The summed E-state index contributed by atoms with van der Waals surface area (Å²) in [5, 5.41) is 11.7. The third-order valence-electron chi connectivity index (χ3n) is 4.52. The predicted molar refractivity (Wildman–Crippen MR) is 102 cm³/mol. The second kappa shape index (κ2) is 8.52. The van der Waals surface area contributed by atoms with E-state index in [4.69, 9.17) is 4.74 Å². The quantitative estimate of drug-likeness (QED) is 0.370. The van der Waals surface area contributed by atoms with E-state index in [-0.39, 0.29) is 28.4 Å². The molecule has 144 valence electrons. The highest BCUT2D eigenvalue weighted by Crippen LogP contribution is 2.49. The Hall–Kier alpha value is -2.11. The Morgan fingerprint density at radius 1 is 1.27 bits per heavy atom. The van der Waals surface area contributed by atoms with Gasteiger partial charge in [0.2, 0.25) is 0 Å². The molecule has 0 unspecified atom stereocenters. The fraction of sp³-hybridized carbons (Fsp3) is 0.650. The first-order valence-electron chi connectivity index (χ1n) is 9.44. The molecule has 0 amide bonds. The Balaban J connectivity index is 2.28. The molecule has 0 aliphatic heterocycles. The summed E-state index contributed by atoms with van der Waals surface area (Å²) in [5.74, 6) is 0.480. The molecule has 6 heteroatoms. The third kappa shape index (κ3) is 4.96. The van der Waals surface area contributed by atoms with E-state index in [2.05, 4.69) is 32.6 Å². The summed E-state index contributed by atoms with van der Waals surface area (Å²) < 4.78 is 5.06. The fourth-order valence-corrected chi connectivity index (χ4v) is 3.41. The van der Waals surface area contributed by atoms with Gasteiger partial charge in [0.25, 0.3) is 5.69 Å². The number of esters is 1. The first kappa shape index (κ1) is 20.2. The number of nitro benzene ring substituents is 1. The van der Waals surface area contributed by atoms with Crippen molar-refractivity contribution in [3.63, 3.8) is 0 Å². The van der Waals surface area contributed by atoms with Gasteiger partial charge in [0.1, 0.15) is 5.69 Å². The summed E-state index contributed by atoms with van der Waals surface area (Å²) >= 11 is 0. The van der Waals surface area contributed by atoms with E-state index >= 15 is 0 Å². The maximum Gasteiger partial charge on any atom is 0.309 e. The smallest absolute Gasteiger partial charge is 0.309 e. The van der Waals surface area contributed by atoms with E-state index in [1.807, 2.05) is 12.1 Å². The number of carbonyl (C=O) groups excluding carboxylic acids is 1. The SMILES string of the molecule is CCOC(=O)[C@@H]1C[C@H]1c1ccc(N(CC(C)C)CC(C)C)c([N+](=O)[O-])c1.